The Morgan fingerprint density at radius 3 is 2.87 bits per heavy atom. The number of amides is 1. The van der Waals surface area contributed by atoms with Crippen LogP contribution in [0.2, 0.25) is 0 Å². The predicted molar refractivity (Wildman–Crippen MR) is 58.3 cm³/mol. The van der Waals surface area contributed by atoms with E-state index < -0.39 is 0 Å². The van der Waals surface area contributed by atoms with Crippen molar-refractivity contribution in [2.75, 3.05) is 6.54 Å². The van der Waals surface area contributed by atoms with Gasteiger partial charge in [0.25, 0.3) is 0 Å². The Kier molecular flexibility index (Phi) is 4.37. The van der Waals surface area contributed by atoms with E-state index >= 15 is 0 Å². The molecule has 0 spiro atoms. The molecule has 0 aliphatic heterocycles. The number of nitrogens with two attached hydrogens (primary N) is 1. The summed E-state index contributed by atoms with van der Waals surface area (Å²) in [6, 6.07) is 4.07. The third-order valence-corrected chi connectivity index (χ3v) is 2.24. The zero-order valence-electron chi connectivity index (χ0n) is 9.25. The molecule has 4 heteroatoms. The molecule has 0 bridgehead atoms. The molecule has 0 aromatic carbocycles. The molecular weight excluding hydrogens is 192 g/mol. The first-order valence-electron chi connectivity index (χ1n) is 5.17. The number of nitrogens with one attached hydrogen (secondary N) is 1. The van der Waals surface area contributed by atoms with E-state index in [0.717, 1.165) is 24.5 Å². The lowest BCUT2D eigenvalue weighted by Crippen LogP contribution is -2.21. The van der Waals surface area contributed by atoms with Crippen LogP contribution in [0.15, 0.2) is 16.5 Å². The van der Waals surface area contributed by atoms with Gasteiger partial charge < -0.3 is 15.5 Å². The first-order chi connectivity index (χ1) is 7.09. The lowest BCUT2D eigenvalue weighted by Gasteiger charge is -2.10. The molecule has 1 aromatic rings. The van der Waals surface area contributed by atoms with Crippen LogP contribution in [0.3, 0.4) is 0 Å². The monoisotopic (exact) mass is 210 g/mol. The van der Waals surface area contributed by atoms with Crippen molar-refractivity contribution >= 4 is 5.91 Å². The summed E-state index contributed by atoms with van der Waals surface area (Å²) in [6.07, 6.45) is 1.19. The van der Waals surface area contributed by atoms with Crippen molar-refractivity contribution in [3.8, 4) is 0 Å². The number of carbonyl (C=O) groups excluding carboxylic acids is 1. The van der Waals surface area contributed by atoms with Crippen molar-refractivity contribution in [3.63, 3.8) is 0 Å². The molecule has 3 N–H and O–H groups in total. The van der Waals surface area contributed by atoms with Crippen LogP contribution in [0.25, 0.3) is 0 Å². The summed E-state index contributed by atoms with van der Waals surface area (Å²) in [5.74, 6) is 1.58. The smallest absolute Gasteiger partial charge is 0.217 e. The highest BCUT2D eigenvalue weighted by molar-refractivity contribution is 5.73. The molecule has 1 unspecified atom stereocenters. The fourth-order valence-electron chi connectivity index (χ4n) is 1.37. The summed E-state index contributed by atoms with van der Waals surface area (Å²) in [6.45, 7) is 4.72. The summed E-state index contributed by atoms with van der Waals surface area (Å²) >= 11 is 0. The molecule has 1 atom stereocenters. The highest BCUT2D eigenvalue weighted by atomic mass is 16.3. The van der Waals surface area contributed by atoms with Crippen LogP contribution in [0.1, 0.15) is 37.3 Å². The van der Waals surface area contributed by atoms with E-state index in [-0.39, 0.29) is 11.9 Å². The van der Waals surface area contributed by atoms with Gasteiger partial charge in [-0.25, -0.2) is 0 Å². The summed E-state index contributed by atoms with van der Waals surface area (Å²) in [4.78, 5) is 10.5. The number of primary amides is 1. The van der Waals surface area contributed by atoms with Gasteiger partial charge in [0.15, 0.2) is 0 Å². The van der Waals surface area contributed by atoms with Crippen molar-refractivity contribution in [1.82, 2.24) is 5.32 Å². The molecule has 1 heterocycles. The molecule has 1 aromatic heterocycles. The Bertz CT molecular complexity index is 320. The second-order valence-electron chi connectivity index (χ2n) is 3.69. The summed E-state index contributed by atoms with van der Waals surface area (Å²) in [7, 11) is 0. The zero-order valence-corrected chi connectivity index (χ0v) is 9.25. The molecule has 0 radical (unpaired) electrons. The normalized spacial score (nSPS) is 12.7. The highest BCUT2D eigenvalue weighted by Crippen LogP contribution is 2.15. The first kappa shape index (κ1) is 11.8. The predicted octanol–water partition coefficient (Wildman–Crippen LogP) is 1.50. The van der Waals surface area contributed by atoms with Gasteiger partial charge in [0.1, 0.15) is 11.5 Å². The van der Waals surface area contributed by atoms with E-state index in [0.29, 0.717) is 6.42 Å². The minimum atomic E-state index is -0.252. The van der Waals surface area contributed by atoms with Crippen LogP contribution in [0, 0.1) is 6.92 Å². The molecule has 1 amide bonds. The molecule has 1 rings (SSSR count). The number of aryl methyl sites for hydroxylation is 1. The van der Waals surface area contributed by atoms with Crippen molar-refractivity contribution in [3.05, 3.63) is 23.7 Å². The van der Waals surface area contributed by atoms with E-state index in [1.807, 2.05) is 26.0 Å². The standard InChI is InChI=1S/C11H18N2O2/c1-8-5-6-10(15-8)9(2)13-7-3-4-11(12)14/h5-6,9,13H,3-4,7H2,1-2H3,(H2,12,14). The van der Waals surface area contributed by atoms with E-state index in [1.54, 1.807) is 0 Å². The minimum absolute atomic E-state index is 0.173. The van der Waals surface area contributed by atoms with Crippen LogP contribution in [-0.2, 0) is 4.79 Å². The van der Waals surface area contributed by atoms with E-state index in [9.17, 15) is 4.79 Å². The van der Waals surface area contributed by atoms with Gasteiger partial charge in [-0.05, 0) is 38.9 Å². The molecule has 0 aliphatic rings. The Morgan fingerprint density at radius 1 is 1.60 bits per heavy atom. The average Bonchev–Trinajstić information content (AvgIpc) is 2.59. The molecule has 15 heavy (non-hydrogen) atoms. The highest BCUT2D eigenvalue weighted by Gasteiger charge is 2.08. The van der Waals surface area contributed by atoms with Crippen molar-refractivity contribution in [2.24, 2.45) is 5.73 Å². The Morgan fingerprint density at radius 2 is 2.33 bits per heavy atom. The quantitative estimate of drug-likeness (QED) is 0.699. The number of hydrogen-bond acceptors (Lipinski definition) is 3. The molecular formula is C11H18N2O2. The summed E-state index contributed by atoms with van der Waals surface area (Å²) < 4.78 is 5.47. The van der Waals surface area contributed by atoms with Crippen molar-refractivity contribution in [1.29, 1.82) is 0 Å². The number of hydrogen-bond donors (Lipinski definition) is 2. The van der Waals surface area contributed by atoms with Crippen LogP contribution in [0.5, 0.6) is 0 Å². The fraction of sp³-hybridized carbons (Fsp3) is 0.545. The van der Waals surface area contributed by atoms with Crippen molar-refractivity contribution in [2.45, 2.75) is 32.7 Å². The van der Waals surface area contributed by atoms with Gasteiger partial charge in [-0.2, -0.15) is 0 Å². The van der Waals surface area contributed by atoms with Crippen LogP contribution in [-0.4, -0.2) is 12.5 Å². The van der Waals surface area contributed by atoms with Gasteiger partial charge in [-0.1, -0.05) is 0 Å². The van der Waals surface area contributed by atoms with Gasteiger partial charge in [0.05, 0.1) is 6.04 Å². The van der Waals surface area contributed by atoms with Gasteiger partial charge in [0.2, 0.25) is 5.91 Å². The molecule has 0 aliphatic carbocycles. The van der Waals surface area contributed by atoms with Crippen LogP contribution < -0.4 is 11.1 Å². The van der Waals surface area contributed by atoms with E-state index in [2.05, 4.69) is 5.32 Å². The van der Waals surface area contributed by atoms with Crippen LogP contribution >= 0.6 is 0 Å². The van der Waals surface area contributed by atoms with E-state index in [1.165, 1.54) is 0 Å². The lowest BCUT2D eigenvalue weighted by molar-refractivity contribution is -0.118. The van der Waals surface area contributed by atoms with Crippen molar-refractivity contribution < 1.29 is 9.21 Å². The first-order valence-corrected chi connectivity index (χ1v) is 5.17. The SMILES string of the molecule is Cc1ccc(C(C)NCCCC(N)=O)o1. The Balaban J connectivity index is 2.24. The number of rotatable bonds is 6. The lowest BCUT2D eigenvalue weighted by atomic mass is 10.2. The third-order valence-electron chi connectivity index (χ3n) is 2.24. The maximum Gasteiger partial charge on any atom is 0.217 e. The Labute approximate surface area is 89.8 Å². The maximum atomic E-state index is 10.5. The van der Waals surface area contributed by atoms with Gasteiger partial charge in [0, 0.05) is 6.42 Å². The van der Waals surface area contributed by atoms with Gasteiger partial charge >= 0.3 is 0 Å². The third kappa shape index (κ3) is 4.16. The molecule has 4 nitrogen and oxygen atoms in total. The van der Waals surface area contributed by atoms with Gasteiger partial charge in [-0.3, -0.25) is 4.79 Å². The second kappa shape index (κ2) is 5.56. The molecule has 0 saturated carbocycles. The summed E-state index contributed by atoms with van der Waals surface area (Å²) in [5.41, 5.74) is 5.04. The topological polar surface area (TPSA) is 68.3 Å². The zero-order chi connectivity index (χ0) is 11.3. The number of carbonyl (C=O) groups is 1. The second-order valence-corrected chi connectivity index (χ2v) is 3.69. The fourth-order valence-corrected chi connectivity index (χ4v) is 1.37. The summed E-state index contributed by atoms with van der Waals surface area (Å²) in [5, 5.41) is 3.27. The molecule has 84 valence electrons. The minimum Gasteiger partial charge on any atom is -0.465 e. The molecule has 0 saturated heterocycles. The Hall–Kier alpha value is -1.29. The molecule has 0 fully saturated rings. The average molecular weight is 210 g/mol. The maximum absolute atomic E-state index is 10.5. The largest absolute Gasteiger partial charge is 0.465 e. The van der Waals surface area contributed by atoms with Gasteiger partial charge in [-0.15, -0.1) is 0 Å². The number of furan rings is 1. The van der Waals surface area contributed by atoms with E-state index in [4.69, 9.17) is 10.2 Å². The van der Waals surface area contributed by atoms with Crippen LogP contribution in [0.4, 0.5) is 0 Å².